The maximum atomic E-state index is 6.35. The average Bonchev–Trinajstić information content (AvgIpc) is 3.01. The molecule has 4 aromatic rings. The summed E-state index contributed by atoms with van der Waals surface area (Å²) in [6.45, 7) is 6.32. The molecule has 0 saturated carbocycles. The number of benzene rings is 4. The molecule has 2 aliphatic heterocycles. The van der Waals surface area contributed by atoms with Gasteiger partial charge in [-0.1, -0.05) is 78.9 Å². The van der Waals surface area contributed by atoms with Gasteiger partial charge in [-0.15, -0.1) is 0 Å². The summed E-state index contributed by atoms with van der Waals surface area (Å²) >= 11 is 0. The number of nitrogens with zero attached hydrogens (tertiary/aromatic N) is 1. The van der Waals surface area contributed by atoms with Crippen molar-refractivity contribution < 1.29 is 18.9 Å². The zero-order chi connectivity index (χ0) is 26.3. The fourth-order valence-corrected chi connectivity index (χ4v) is 5.51. The molecule has 1 fully saturated rings. The molecular weight excluding hydrogens is 486 g/mol. The maximum Gasteiger partial charge on any atom is 0.126 e. The highest BCUT2D eigenvalue weighted by Gasteiger charge is 2.33. The third kappa shape index (κ3) is 6.27. The maximum absolute atomic E-state index is 6.35. The molecule has 0 amide bonds. The van der Waals surface area contributed by atoms with Gasteiger partial charge in [0.05, 0.1) is 19.8 Å². The lowest BCUT2D eigenvalue weighted by Crippen LogP contribution is -2.38. The quantitative estimate of drug-likeness (QED) is 0.259. The molecule has 2 atom stereocenters. The fourth-order valence-electron chi connectivity index (χ4n) is 5.51. The van der Waals surface area contributed by atoms with Gasteiger partial charge in [-0.25, -0.2) is 0 Å². The van der Waals surface area contributed by atoms with E-state index in [1.54, 1.807) is 0 Å². The first-order chi connectivity index (χ1) is 19.3. The van der Waals surface area contributed by atoms with E-state index in [0.29, 0.717) is 19.8 Å². The number of rotatable bonds is 9. The Bertz CT molecular complexity index is 1320. The van der Waals surface area contributed by atoms with Gasteiger partial charge in [0.2, 0.25) is 0 Å². The van der Waals surface area contributed by atoms with Gasteiger partial charge >= 0.3 is 0 Å². The summed E-state index contributed by atoms with van der Waals surface area (Å²) in [6.07, 6.45) is 0. The van der Waals surface area contributed by atoms with Crippen LogP contribution in [0.15, 0.2) is 103 Å². The van der Waals surface area contributed by atoms with Crippen LogP contribution in [0, 0.1) is 0 Å². The van der Waals surface area contributed by atoms with Crippen molar-refractivity contribution in [3.05, 3.63) is 125 Å². The fraction of sp³-hybridized carbons (Fsp3) is 0.294. The Hall–Kier alpha value is -3.80. The van der Waals surface area contributed by atoms with E-state index in [1.165, 1.54) is 16.7 Å². The van der Waals surface area contributed by atoms with Crippen LogP contribution in [0.3, 0.4) is 0 Å². The van der Waals surface area contributed by atoms with Crippen LogP contribution in [0.4, 0.5) is 0 Å². The molecule has 0 N–H and O–H groups in total. The summed E-state index contributed by atoms with van der Waals surface area (Å²) in [5.74, 6) is 2.99. The van der Waals surface area contributed by atoms with Crippen molar-refractivity contribution >= 4 is 0 Å². The Labute approximate surface area is 230 Å². The Morgan fingerprint density at radius 3 is 2.21 bits per heavy atom. The number of hydrogen-bond donors (Lipinski definition) is 0. The molecule has 0 bridgehead atoms. The zero-order valence-electron chi connectivity index (χ0n) is 22.2. The van der Waals surface area contributed by atoms with Crippen LogP contribution in [-0.2, 0) is 11.3 Å². The predicted octanol–water partition coefficient (Wildman–Crippen LogP) is 6.28. The van der Waals surface area contributed by atoms with Crippen LogP contribution in [0.5, 0.6) is 17.2 Å². The minimum Gasteiger partial charge on any atom is -0.492 e. The number of fused-ring (bicyclic) bond motifs is 1. The van der Waals surface area contributed by atoms with Gasteiger partial charge in [0.15, 0.2) is 0 Å². The van der Waals surface area contributed by atoms with E-state index in [0.717, 1.165) is 55.7 Å². The Morgan fingerprint density at radius 1 is 0.718 bits per heavy atom. The highest BCUT2D eigenvalue weighted by atomic mass is 16.5. The highest BCUT2D eigenvalue weighted by Crippen LogP contribution is 2.47. The Morgan fingerprint density at radius 2 is 1.44 bits per heavy atom. The topological polar surface area (TPSA) is 40.2 Å². The van der Waals surface area contributed by atoms with Gasteiger partial charge in [-0.05, 0) is 34.9 Å². The van der Waals surface area contributed by atoms with E-state index in [2.05, 4.69) is 83.8 Å². The van der Waals surface area contributed by atoms with E-state index < -0.39 is 0 Å². The monoisotopic (exact) mass is 521 g/mol. The molecule has 0 aliphatic carbocycles. The first-order valence-electron chi connectivity index (χ1n) is 13.8. The second-order valence-corrected chi connectivity index (χ2v) is 10.2. The molecule has 5 nitrogen and oxygen atoms in total. The van der Waals surface area contributed by atoms with Crippen LogP contribution >= 0.6 is 0 Å². The zero-order valence-corrected chi connectivity index (χ0v) is 22.2. The third-order valence-electron chi connectivity index (χ3n) is 7.64. The number of ether oxygens (including phenoxy) is 4. The van der Waals surface area contributed by atoms with Gasteiger partial charge in [0.1, 0.15) is 30.5 Å². The lowest BCUT2D eigenvalue weighted by atomic mass is 9.76. The SMILES string of the molecule is c1ccc(COc2ccc3c(c2)OCC(c2ccccc2)C3c2ccc(OCCN3CCOCC3)cc2)cc1. The second kappa shape index (κ2) is 12.4. The summed E-state index contributed by atoms with van der Waals surface area (Å²) < 4.78 is 24.0. The van der Waals surface area contributed by atoms with Gasteiger partial charge in [0, 0.05) is 43.1 Å². The van der Waals surface area contributed by atoms with Crippen LogP contribution in [0.1, 0.15) is 34.1 Å². The molecule has 200 valence electrons. The van der Waals surface area contributed by atoms with E-state index in [1.807, 2.05) is 24.3 Å². The van der Waals surface area contributed by atoms with Crippen molar-refractivity contribution in [1.29, 1.82) is 0 Å². The molecule has 0 aromatic heterocycles. The summed E-state index contributed by atoms with van der Waals surface area (Å²) in [5, 5.41) is 0. The molecule has 2 heterocycles. The van der Waals surface area contributed by atoms with Gasteiger partial charge in [-0.2, -0.15) is 0 Å². The molecule has 5 heteroatoms. The molecule has 1 saturated heterocycles. The molecular formula is C34H35NO4. The van der Waals surface area contributed by atoms with Crippen LogP contribution in [0.2, 0.25) is 0 Å². The van der Waals surface area contributed by atoms with Gasteiger partial charge < -0.3 is 18.9 Å². The lowest BCUT2D eigenvalue weighted by molar-refractivity contribution is 0.0322. The normalized spacial score (nSPS) is 19.1. The summed E-state index contributed by atoms with van der Waals surface area (Å²) in [6, 6.07) is 35.8. The molecule has 0 spiro atoms. The van der Waals surface area contributed by atoms with E-state index in [9.17, 15) is 0 Å². The lowest BCUT2D eigenvalue weighted by Gasteiger charge is -2.34. The van der Waals surface area contributed by atoms with Crippen molar-refractivity contribution in [2.45, 2.75) is 18.4 Å². The number of hydrogen-bond acceptors (Lipinski definition) is 5. The Kier molecular flexibility index (Phi) is 8.08. The van der Waals surface area contributed by atoms with Crippen LogP contribution in [-0.4, -0.2) is 51.0 Å². The minimum absolute atomic E-state index is 0.168. The molecule has 39 heavy (non-hydrogen) atoms. The van der Waals surface area contributed by atoms with Crippen LogP contribution in [0.25, 0.3) is 0 Å². The Balaban J connectivity index is 1.20. The van der Waals surface area contributed by atoms with Crippen molar-refractivity contribution in [2.24, 2.45) is 0 Å². The minimum atomic E-state index is 0.168. The van der Waals surface area contributed by atoms with Crippen molar-refractivity contribution in [3.63, 3.8) is 0 Å². The molecule has 0 radical (unpaired) electrons. The third-order valence-corrected chi connectivity index (χ3v) is 7.64. The highest BCUT2D eigenvalue weighted by molar-refractivity contribution is 5.51. The molecule has 6 rings (SSSR count). The second-order valence-electron chi connectivity index (χ2n) is 10.2. The molecule has 2 unspecified atom stereocenters. The smallest absolute Gasteiger partial charge is 0.126 e. The largest absolute Gasteiger partial charge is 0.492 e. The first kappa shape index (κ1) is 25.5. The van der Waals surface area contributed by atoms with E-state index in [4.69, 9.17) is 18.9 Å². The van der Waals surface area contributed by atoms with Crippen molar-refractivity contribution in [3.8, 4) is 17.2 Å². The summed E-state index contributed by atoms with van der Waals surface area (Å²) in [5.41, 5.74) is 4.86. The van der Waals surface area contributed by atoms with E-state index >= 15 is 0 Å². The summed E-state index contributed by atoms with van der Waals surface area (Å²) in [4.78, 5) is 2.39. The summed E-state index contributed by atoms with van der Waals surface area (Å²) in [7, 11) is 0. The van der Waals surface area contributed by atoms with Crippen LogP contribution < -0.4 is 14.2 Å². The van der Waals surface area contributed by atoms with Gasteiger partial charge in [0.25, 0.3) is 0 Å². The average molecular weight is 522 g/mol. The molecule has 2 aliphatic rings. The standard InChI is InChI=1S/C34H35NO4/c1-3-7-26(8-4-1)24-38-30-15-16-31-33(23-30)39-25-32(27-9-5-2-6-10-27)34(31)28-11-13-29(14-12-28)37-22-19-35-17-20-36-21-18-35/h1-16,23,32,34H,17-22,24-25H2. The van der Waals surface area contributed by atoms with Gasteiger partial charge in [-0.3, -0.25) is 4.90 Å². The predicted molar refractivity (Wildman–Crippen MR) is 153 cm³/mol. The number of morpholine rings is 1. The van der Waals surface area contributed by atoms with Crippen molar-refractivity contribution in [2.75, 3.05) is 46.1 Å². The van der Waals surface area contributed by atoms with Crippen molar-refractivity contribution in [1.82, 2.24) is 4.90 Å². The molecule has 4 aromatic carbocycles. The first-order valence-corrected chi connectivity index (χ1v) is 13.8. The van der Waals surface area contributed by atoms with E-state index in [-0.39, 0.29) is 11.8 Å².